The molecule has 27 heavy (non-hydrogen) atoms. The van der Waals surface area contributed by atoms with Crippen molar-refractivity contribution in [1.29, 1.82) is 0 Å². The van der Waals surface area contributed by atoms with Crippen molar-refractivity contribution < 1.29 is 9.59 Å². The first-order valence-electron chi connectivity index (χ1n) is 10.6. The van der Waals surface area contributed by atoms with Crippen LogP contribution >= 0.6 is 0 Å². The molecule has 2 aliphatic carbocycles. The maximum absolute atomic E-state index is 12.9. The van der Waals surface area contributed by atoms with E-state index in [0.29, 0.717) is 18.2 Å². The number of benzene rings is 1. The fraction of sp³-hybridized carbons (Fsp3) is 0.636. The highest BCUT2D eigenvalue weighted by Gasteiger charge is 2.46. The van der Waals surface area contributed by atoms with Crippen molar-refractivity contribution in [3.63, 3.8) is 0 Å². The van der Waals surface area contributed by atoms with Gasteiger partial charge in [-0.15, -0.1) is 0 Å². The Hall–Kier alpha value is -1.88. The number of carbonyl (C=O) groups is 2. The third-order valence-electron chi connectivity index (χ3n) is 7.01. The second kappa shape index (κ2) is 6.93. The minimum atomic E-state index is 0.143. The number of anilines is 1. The van der Waals surface area contributed by atoms with Gasteiger partial charge in [0.2, 0.25) is 11.8 Å². The van der Waals surface area contributed by atoms with E-state index in [4.69, 9.17) is 0 Å². The quantitative estimate of drug-likeness (QED) is 0.822. The summed E-state index contributed by atoms with van der Waals surface area (Å²) in [5.74, 6) is 1.04. The second-order valence-corrected chi connectivity index (χ2v) is 8.64. The molecule has 0 bridgehead atoms. The monoisotopic (exact) mass is 367 g/mol. The molecule has 2 heterocycles. The molecule has 144 valence electrons. The number of rotatable bonds is 4. The first-order valence-corrected chi connectivity index (χ1v) is 10.6. The van der Waals surface area contributed by atoms with Gasteiger partial charge >= 0.3 is 0 Å². The maximum atomic E-state index is 12.9. The Balaban J connectivity index is 1.19. The molecule has 1 aromatic carbocycles. The van der Waals surface area contributed by atoms with Crippen LogP contribution in [-0.2, 0) is 9.59 Å². The highest BCUT2D eigenvalue weighted by atomic mass is 16.2. The average Bonchev–Trinajstić information content (AvgIpc) is 3.34. The van der Waals surface area contributed by atoms with Gasteiger partial charge in [-0.25, -0.2) is 0 Å². The molecule has 0 spiro atoms. The lowest BCUT2D eigenvalue weighted by atomic mass is 9.91. The molecule has 0 N–H and O–H groups in total. The molecular formula is C22H29N3O2. The third kappa shape index (κ3) is 3.27. The highest BCUT2D eigenvalue weighted by Crippen LogP contribution is 2.49. The Labute approximate surface area is 161 Å². The maximum Gasteiger partial charge on any atom is 0.227 e. The minimum absolute atomic E-state index is 0.143. The lowest BCUT2D eigenvalue weighted by Crippen LogP contribution is -2.53. The zero-order valence-electron chi connectivity index (χ0n) is 16.0. The van der Waals surface area contributed by atoms with E-state index in [2.05, 4.69) is 21.9 Å². The summed E-state index contributed by atoms with van der Waals surface area (Å²) in [5, 5.41) is 0. The average molecular weight is 367 g/mol. The summed E-state index contributed by atoms with van der Waals surface area (Å²) in [5.41, 5.74) is 2.22. The fourth-order valence-corrected chi connectivity index (χ4v) is 4.97. The third-order valence-corrected chi connectivity index (χ3v) is 7.01. The van der Waals surface area contributed by atoms with Crippen molar-refractivity contribution in [2.24, 2.45) is 5.92 Å². The van der Waals surface area contributed by atoms with Crippen LogP contribution in [0.5, 0.6) is 0 Å². The van der Waals surface area contributed by atoms with Crippen LogP contribution in [0.3, 0.4) is 0 Å². The van der Waals surface area contributed by atoms with Crippen LogP contribution in [0.25, 0.3) is 0 Å². The molecule has 2 atom stereocenters. The normalized spacial score (nSPS) is 29.1. The Morgan fingerprint density at radius 3 is 2.48 bits per heavy atom. The van der Waals surface area contributed by atoms with Gasteiger partial charge < -0.3 is 9.80 Å². The number of nitrogens with zero attached hydrogens (tertiary/aromatic N) is 3. The zero-order chi connectivity index (χ0) is 18.4. The molecule has 5 heteroatoms. The van der Waals surface area contributed by atoms with Crippen LogP contribution in [0.1, 0.15) is 50.0 Å². The Morgan fingerprint density at radius 2 is 1.81 bits per heavy atom. The first kappa shape index (κ1) is 17.2. The van der Waals surface area contributed by atoms with E-state index >= 15 is 0 Å². The molecule has 0 aromatic heterocycles. The van der Waals surface area contributed by atoms with Crippen molar-refractivity contribution in [3.05, 3.63) is 29.8 Å². The number of hydrogen-bond acceptors (Lipinski definition) is 3. The molecule has 1 aromatic rings. The summed E-state index contributed by atoms with van der Waals surface area (Å²) < 4.78 is 0. The van der Waals surface area contributed by atoms with Crippen molar-refractivity contribution in [3.8, 4) is 0 Å². The SMILES string of the molecule is O=C(C1C[C@@H]1c1cccc(N2CCCC2=O)c1)N1CCN(C2CCC2)CC1. The molecule has 4 fully saturated rings. The first-order chi connectivity index (χ1) is 13.2. The van der Waals surface area contributed by atoms with Crippen molar-refractivity contribution >= 4 is 17.5 Å². The van der Waals surface area contributed by atoms with Gasteiger partial charge in [-0.2, -0.15) is 0 Å². The van der Waals surface area contributed by atoms with E-state index in [0.717, 1.165) is 57.3 Å². The van der Waals surface area contributed by atoms with E-state index in [1.807, 2.05) is 17.0 Å². The van der Waals surface area contributed by atoms with E-state index in [9.17, 15) is 9.59 Å². The van der Waals surface area contributed by atoms with Crippen LogP contribution in [0.15, 0.2) is 24.3 Å². The molecule has 2 amide bonds. The molecule has 5 nitrogen and oxygen atoms in total. The van der Waals surface area contributed by atoms with Gasteiger partial charge in [0.05, 0.1) is 0 Å². The van der Waals surface area contributed by atoms with Crippen LogP contribution in [0.4, 0.5) is 5.69 Å². The summed E-state index contributed by atoms with van der Waals surface area (Å²) in [7, 11) is 0. The molecule has 4 aliphatic rings. The van der Waals surface area contributed by atoms with Gasteiger partial charge in [0, 0.05) is 56.8 Å². The van der Waals surface area contributed by atoms with Gasteiger partial charge in [0.1, 0.15) is 0 Å². The molecule has 0 radical (unpaired) electrons. The molecule has 5 rings (SSSR count). The zero-order valence-corrected chi connectivity index (χ0v) is 16.0. The minimum Gasteiger partial charge on any atom is -0.340 e. The molecule has 2 saturated carbocycles. The number of hydrogen-bond donors (Lipinski definition) is 0. The summed E-state index contributed by atoms with van der Waals surface area (Å²) in [6.45, 7) is 4.68. The molecule has 2 aliphatic heterocycles. The van der Waals surface area contributed by atoms with Crippen LogP contribution in [-0.4, -0.2) is 60.4 Å². The van der Waals surface area contributed by atoms with E-state index < -0.39 is 0 Å². The standard InChI is InChI=1S/C22H29N3O2/c26-21-8-3-9-25(21)18-7-1-4-16(14-18)19-15-20(19)22(27)24-12-10-23(11-13-24)17-5-2-6-17/h1,4,7,14,17,19-20H,2-3,5-6,8-13,15H2/t19-,20?/m1/s1. The summed E-state index contributed by atoms with van der Waals surface area (Å²) in [4.78, 5) is 31.5. The fourth-order valence-electron chi connectivity index (χ4n) is 4.97. The van der Waals surface area contributed by atoms with Gasteiger partial charge in [0.15, 0.2) is 0 Å². The van der Waals surface area contributed by atoms with E-state index in [1.165, 1.54) is 24.8 Å². The van der Waals surface area contributed by atoms with Crippen LogP contribution < -0.4 is 4.90 Å². The molecule has 2 saturated heterocycles. The topological polar surface area (TPSA) is 43.9 Å². The lowest BCUT2D eigenvalue weighted by Gasteiger charge is -2.43. The van der Waals surface area contributed by atoms with E-state index in [1.54, 1.807) is 0 Å². The second-order valence-electron chi connectivity index (χ2n) is 8.64. The lowest BCUT2D eigenvalue weighted by molar-refractivity contribution is -0.135. The van der Waals surface area contributed by atoms with Gasteiger partial charge in [-0.1, -0.05) is 18.6 Å². The smallest absolute Gasteiger partial charge is 0.227 e. The van der Waals surface area contributed by atoms with Crippen molar-refractivity contribution in [1.82, 2.24) is 9.80 Å². The largest absolute Gasteiger partial charge is 0.340 e. The highest BCUT2D eigenvalue weighted by molar-refractivity contribution is 5.95. The summed E-state index contributed by atoms with van der Waals surface area (Å²) in [6.07, 6.45) is 6.61. The Morgan fingerprint density at radius 1 is 1.00 bits per heavy atom. The summed E-state index contributed by atoms with van der Waals surface area (Å²) in [6, 6.07) is 9.10. The Kier molecular flexibility index (Phi) is 4.43. The predicted molar refractivity (Wildman–Crippen MR) is 105 cm³/mol. The van der Waals surface area contributed by atoms with Crippen molar-refractivity contribution in [2.45, 2.75) is 50.5 Å². The van der Waals surface area contributed by atoms with Crippen LogP contribution in [0, 0.1) is 5.92 Å². The number of carbonyl (C=O) groups excluding carboxylic acids is 2. The number of piperazine rings is 1. The van der Waals surface area contributed by atoms with Gasteiger partial charge in [-0.05, 0) is 49.3 Å². The molecule has 1 unspecified atom stereocenters. The van der Waals surface area contributed by atoms with Gasteiger partial charge in [-0.3, -0.25) is 14.5 Å². The Bertz CT molecular complexity index is 737. The van der Waals surface area contributed by atoms with Gasteiger partial charge in [0.25, 0.3) is 0 Å². The van der Waals surface area contributed by atoms with Crippen molar-refractivity contribution in [2.75, 3.05) is 37.6 Å². The summed E-state index contributed by atoms with van der Waals surface area (Å²) >= 11 is 0. The van der Waals surface area contributed by atoms with Crippen LogP contribution in [0.2, 0.25) is 0 Å². The molecular weight excluding hydrogens is 338 g/mol. The number of amides is 2. The predicted octanol–water partition coefficient (Wildman–Crippen LogP) is 2.61. The van der Waals surface area contributed by atoms with E-state index in [-0.39, 0.29) is 11.8 Å².